The average molecular weight is 480 g/mol. The molecule has 0 radical (unpaired) electrons. The summed E-state index contributed by atoms with van der Waals surface area (Å²) in [5.74, 6) is 1.08. The maximum absolute atomic E-state index is 11.3. The molecule has 0 bridgehead atoms. The van der Waals surface area contributed by atoms with E-state index in [2.05, 4.69) is 65.7 Å². The highest BCUT2D eigenvalue weighted by Crippen LogP contribution is 2.30. The van der Waals surface area contributed by atoms with Crippen molar-refractivity contribution in [2.24, 2.45) is 0 Å². The van der Waals surface area contributed by atoms with Crippen molar-refractivity contribution in [3.63, 3.8) is 0 Å². The van der Waals surface area contributed by atoms with Gasteiger partial charge in [-0.2, -0.15) is 5.10 Å². The molecule has 0 amide bonds. The normalized spacial score (nSPS) is 11.5. The molecule has 0 saturated heterocycles. The number of nitrogens with one attached hydrogen (secondary N) is 1. The highest BCUT2D eigenvalue weighted by atomic mass is 16.4. The molecular formula is C27H25N7O2. The fraction of sp³-hybridized carbons (Fsp3) is 0.185. The Balaban J connectivity index is 1.47. The van der Waals surface area contributed by atoms with Crippen LogP contribution in [0.1, 0.15) is 42.5 Å². The van der Waals surface area contributed by atoms with Crippen LogP contribution in [0.25, 0.3) is 33.9 Å². The van der Waals surface area contributed by atoms with E-state index in [4.69, 9.17) is 10.1 Å². The van der Waals surface area contributed by atoms with E-state index < -0.39 is 5.97 Å². The number of carbonyl (C=O) groups is 1. The van der Waals surface area contributed by atoms with Crippen LogP contribution in [0.2, 0.25) is 0 Å². The standard InChI is InChI=1S/C27H25N7O2/c1-27(2,3)26-28-24(19-12-14-20(15-13-19)25(35)36)34(31-26)16-17-8-10-18(11-9-17)21-6-4-5-7-22(21)23-29-32-33-30-23/h4-15H,16H2,1-3H3,(H,35,36)(H,29,30,32,33). The zero-order valence-electron chi connectivity index (χ0n) is 20.2. The fourth-order valence-corrected chi connectivity index (χ4v) is 3.92. The summed E-state index contributed by atoms with van der Waals surface area (Å²) in [7, 11) is 0. The molecule has 0 aliphatic rings. The molecule has 5 rings (SSSR count). The highest BCUT2D eigenvalue weighted by molar-refractivity contribution is 5.88. The van der Waals surface area contributed by atoms with E-state index in [0.29, 0.717) is 18.2 Å². The highest BCUT2D eigenvalue weighted by Gasteiger charge is 2.23. The molecule has 0 aliphatic heterocycles. The Bertz CT molecular complexity index is 1500. The van der Waals surface area contributed by atoms with Gasteiger partial charge in [0.1, 0.15) is 0 Å². The van der Waals surface area contributed by atoms with Crippen molar-refractivity contribution in [2.45, 2.75) is 32.7 Å². The lowest BCUT2D eigenvalue weighted by atomic mass is 9.96. The van der Waals surface area contributed by atoms with E-state index in [1.165, 1.54) is 0 Å². The van der Waals surface area contributed by atoms with E-state index in [0.717, 1.165) is 33.6 Å². The van der Waals surface area contributed by atoms with Crippen LogP contribution >= 0.6 is 0 Å². The molecule has 0 spiro atoms. The number of aromatic amines is 1. The van der Waals surface area contributed by atoms with Crippen LogP contribution in [0.5, 0.6) is 0 Å². The van der Waals surface area contributed by atoms with Gasteiger partial charge in [-0.1, -0.05) is 81.4 Å². The lowest BCUT2D eigenvalue weighted by Crippen LogP contribution is -2.14. The number of carboxylic acids is 1. The van der Waals surface area contributed by atoms with Crippen molar-refractivity contribution in [1.82, 2.24) is 35.4 Å². The molecule has 0 atom stereocenters. The Kier molecular flexibility index (Phi) is 5.89. The third-order valence-corrected chi connectivity index (χ3v) is 5.86. The van der Waals surface area contributed by atoms with Gasteiger partial charge >= 0.3 is 5.97 Å². The van der Waals surface area contributed by atoms with Gasteiger partial charge in [-0.05, 0) is 39.2 Å². The van der Waals surface area contributed by atoms with Crippen LogP contribution in [0, 0.1) is 0 Å². The van der Waals surface area contributed by atoms with E-state index in [-0.39, 0.29) is 11.0 Å². The van der Waals surface area contributed by atoms with Crippen LogP contribution in [0.4, 0.5) is 0 Å². The first-order valence-electron chi connectivity index (χ1n) is 11.5. The molecule has 0 unspecified atom stereocenters. The number of H-pyrrole nitrogens is 1. The zero-order valence-corrected chi connectivity index (χ0v) is 20.2. The summed E-state index contributed by atoms with van der Waals surface area (Å²) in [5.41, 5.74) is 4.87. The second-order valence-corrected chi connectivity index (χ2v) is 9.54. The largest absolute Gasteiger partial charge is 0.478 e. The number of benzene rings is 3. The minimum Gasteiger partial charge on any atom is -0.478 e. The Hall–Kier alpha value is -4.66. The summed E-state index contributed by atoms with van der Waals surface area (Å²) >= 11 is 0. The van der Waals surface area contributed by atoms with Gasteiger partial charge in [0.25, 0.3) is 0 Å². The minimum absolute atomic E-state index is 0.232. The molecule has 0 saturated carbocycles. The second kappa shape index (κ2) is 9.18. The maximum atomic E-state index is 11.3. The molecular weight excluding hydrogens is 454 g/mol. The molecule has 180 valence electrons. The van der Waals surface area contributed by atoms with E-state index in [9.17, 15) is 9.90 Å². The smallest absolute Gasteiger partial charge is 0.335 e. The second-order valence-electron chi connectivity index (χ2n) is 9.54. The van der Waals surface area contributed by atoms with Gasteiger partial charge in [-0.25, -0.2) is 19.6 Å². The molecule has 2 N–H and O–H groups in total. The first-order chi connectivity index (χ1) is 17.3. The molecule has 2 aromatic heterocycles. The quantitative estimate of drug-likeness (QED) is 0.357. The SMILES string of the molecule is CC(C)(C)c1nc(-c2ccc(C(=O)O)cc2)n(Cc2ccc(-c3ccccc3-c3nnn[nH]3)cc2)n1. The average Bonchev–Trinajstić information content (AvgIpc) is 3.55. The summed E-state index contributed by atoms with van der Waals surface area (Å²) in [6.07, 6.45) is 0. The van der Waals surface area contributed by atoms with Crippen molar-refractivity contribution in [2.75, 3.05) is 0 Å². The summed E-state index contributed by atoms with van der Waals surface area (Å²) in [6, 6.07) is 23.0. The Labute approximate surface area is 207 Å². The number of hydrogen-bond donors (Lipinski definition) is 2. The summed E-state index contributed by atoms with van der Waals surface area (Å²) < 4.78 is 1.87. The van der Waals surface area contributed by atoms with Crippen LogP contribution in [-0.2, 0) is 12.0 Å². The summed E-state index contributed by atoms with van der Waals surface area (Å²) in [5, 5.41) is 28.3. The number of nitrogens with zero attached hydrogens (tertiary/aromatic N) is 6. The van der Waals surface area contributed by atoms with Crippen molar-refractivity contribution in [3.05, 3.63) is 89.7 Å². The number of tetrazole rings is 1. The van der Waals surface area contributed by atoms with Gasteiger partial charge in [-0.3, -0.25) is 0 Å². The third kappa shape index (κ3) is 4.63. The fourth-order valence-electron chi connectivity index (χ4n) is 3.92. The number of aromatic nitrogens is 7. The van der Waals surface area contributed by atoms with Gasteiger partial charge in [0.2, 0.25) is 0 Å². The van der Waals surface area contributed by atoms with Gasteiger partial charge in [0.05, 0.1) is 12.1 Å². The van der Waals surface area contributed by atoms with E-state index >= 15 is 0 Å². The molecule has 3 aromatic carbocycles. The lowest BCUT2D eigenvalue weighted by Gasteiger charge is -2.12. The van der Waals surface area contributed by atoms with Gasteiger partial charge < -0.3 is 5.11 Å². The summed E-state index contributed by atoms with van der Waals surface area (Å²) in [4.78, 5) is 16.1. The molecule has 36 heavy (non-hydrogen) atoms. The Morgan fingerprint density at radius 3 is 2.19 bits per heavy atom. The Morgan fingerprint density at radius 1 is 0.917 bits per heavy atom. The number of rotatable bonds is 6. The molecule has 0 fully saturated rings. The van der Waals surface area contributed by atoms with Crippen molar-refractivity contribution in [3.8, 4) is 33.9 Å². The molecule has 9 heteroatoms. The molecule has 5 aromatic rings. The van der Waals surface area contributed by atoms with Crippen molar-refractivity contribution in [1.29, 1.82) is 0 Å². The number of aromatic carboxylic acids is 1. The van der Waals surface area contributed by atoms with Crippen molar-refractivity contribution >= 4 is 5.97 Å². The van der Waals surface area contributed by atoms with E-state index in [1.54, 1.807) is 24.3 Å². The predicted octanol–water partition coefficient (Wildman–Crippen LogP) is 4.84. The molecule has 9 nitrogen and oxygen atoms in total. The number of hydrogen-bond acceptors (Lipinski definition) is 6. The van der Waals surface area contributed by atoms with E-state index in [1.807, 2.05) is 28.9 Å². The first-order valence-corrected chi connectivity index (χ1v) is 11.5. The van der Waals surface area contributed by atoms with Gasteiger partial charge in [0, 0.05) is 16.5 Å². The van der Waals surface area contributed by atoms with Crippen LogP contribution in [0.15, 0.2) is 72.8 Å². The number of carboxylic acid groups (broad SMARTS) is 1. The molecule has 2 heterocycles. The first kappa shape index (κ1) is 23.1. The minimum atomic E-state index is -0.959. The molecule has 0 aliphatic carbocycles. The van der Waals surface area contributed by atoms with Crippen molar-refractivity contribution < 1.29 is 9.90 Å². The van der Waals surface area contributed by atoms with Crippen LogP contribution in [0.3, 0.4) is 0 Å². The monoisotopic (exact) mass is 479 g/mol. The maximum Gasteiger partial charge on any atom is 0.335 e. The summed E-state index contributed by atoms with van der Waals surface area (Å²) in [6.45, 7) is 6.73. The zero-order chi connectivity index (χ0) is 25.3. The predicted molar refractivity (Wildman–Crippen MR) is 135 cm³/mol. The van der Waals surface area contributed by atoms with Crippen LogP contribution in [-0.4, -0.2) is 46.5 Å². The van der Waals surface area contributed by atoms with Crippen LogP contribution < -0.4 is 0 Å². The third-order valence-electron chi connectivity index (χ3n) is 5.86. The van der Waals surface area contributed by atoms with Gasteiger partial charge in [0.15, 0.2) is 17.5 Å². The Morgan fingerprint density at radius 2 is 1.58 bits per heavy atom. The topological polar surface area (TPSA) is 122 Å². The lowest BCUT2D eigenvalue weighted by molar-refractivity contribution is 0.0697. The van der Waals surface area contributed by atoms with Gasteiger partial charge in [-0.15, -0.1) is 5.10 Å².